The van der Waals surface area contributed by atoms with E-state index in [4.69, 9.17) is 0 Å². The number of carbonyl (C=O) groups is 1. The molecule has 0 aliphatic rings. The normalized spacial score (nSPS) is 10.4. The van der Waals surface area contributed by atoms with Crippen LogP contribution in [-0.4, -0.2) is 17.4 Å². The van der Waals surface area contributed by atoms with E-state index in [0.717, 1.165) is 0 Å². The minimum Gasteiger partial charge on any atom is -0.352 e. The number of nitrogens with zero attached hydrogens (tertiary/aromatic N) is 1. The van der Waals surface area contributed by atoms with Gasteiger partial charge in [-0.05, 0) is 34.6 Å². The van der Waals surface area contributed by atoms with Crippen molar-refractivity contribution in [2.75, 3.05) is 6.54 Å². The molecule has 0 spiro atoms. The van der Waals surface area contributed by atoms with Crippen LogP contribution >= 0.6 is 22.6 Å². The van der Waals surface area contributed by atoms with Gasteiger partial charge in [0, 0.05) is 22.2 Å². The van der Waals surface area contributed by atoms with Crippen molar-refractivity contribution in [3.05, 3.63) is 37.4 Å². The Labute approximate surface area is 113 Å². The van der Waals surface area contributed by atoms with Crippen LogP contribution in [0.15, 0.2) is 18.2 Å². The quantitative estimate of drug-likeness (QED) is 0.516. The topological polar surface area (TPSA) is 72.2 Å². The Kier molecular flexibility index (Phi) is 4.86. The summed E-state index contributed by atoms with van der Waals surface area (Å²) in [5.74, 6) is 0.0714. The number of hydrogen-bond acceptors (Lipinski definition) is 3. The van der Waals surface area contributed by atoms with Gasteiger partial charge in [0.15, 0.2) is 0 Å². The van der Waals surface area contributed by atoms with Crippen molar-refractivity contribution in [2.24, 2.45) is 5.92 Å². The Bertz CT molecular complexity index is 446. The molecule has 0 atom stereocenters. The lowest BCUT2D eigenvalue weighted by molar-refractivity contribution is -0.384. The third-order valence-electron chi connectivity index (χ3n) is 2.08. The van der Waals surface area contributed by atoms with Crippen LogP contribution in [0, 0.1) is 19.6 Å². The van der Waals surface area contributed by atoms with E-state index in [1.165, 1.54) is 12.1 Å². The fraction of sp³-hybridized carbons (Fsp3) is 0.364. The van der Waals surface area contributed by atoms with Crippen LogP contribution in [0.1, 0.15) is 24.2 Å². The molecule has 0 aliphatic carbocycles. The first kappa shape index (κ1) is 13.9. The third kappa shape index (κ3) is 3.95. The molecule has 0 heterocycles. The molecule has 0 saturated heterocycles. The molecule has 5 nitrogen and oxygen atoms in total. The number of rotatable bonds is 4. The average Bonchev–Trinajstić information content (AvgIpc) is 2.26. The molecule has 0 radical (unpaired) electrons. The number of non-ortho nitro benzene ring substituents is 1. The summed E-state index contributed by atoms with van der Waals surface area (Å²) >= 11 is 1.99. The van der Waals surface area contributed by atoms with Gasteiger partial charge in [0.05, 0.1) is 10.5 Å². The van der Waals surface area contributed by atoms with Crippen molar-refractivity contribution in [1.29, 1.82) is 0 Å². The van der Waals surface area contributed by atoms with E-state index in [9.17, 15) is 14.9 Å². The summed E-state index contributed by atoms with van der Waals surface area (Å²) in [6, 6.07) is 4.27. The van der Waals surface area contributed by atoms with Gasteiger partial charge in [0.25, 0.3) is 11.6 Å². The molecule has 0 unspecified atom stereocenters. The predicted molar refractivity (Wildman–Crippen MR) is 73.0 cm³/mol. The molecule has 0 saturated carbocycles. The van der Waals surface area contributed by atoms with E-state index >= 15 is 0 Å². The molecule has 1 aromatic rings. The number of nitro groups is 1. The van der Waals surface area contributed by atoms with Gasteiger partial charge >= 0.3 is 0 Å². The Morgan fingerprint density at radius 3 is 2.71 bits per heavy atom. The predicted octanol–water partition coefficient (Wildman–Crippen LogP) is 2.59. The van der Waals surface area contributed by atoms with E-state index in [2.05, 4.69) is 5.32 Å². The first-order valence-electron chi connectivity index (χ1n) is 5.14. The van der Waals surface area contributed by atoms with Crippen molar-refractivity contribution in [2.45, 2.75) is 13.8 Å². The number of nitro benzene ring substituents is 1. The second-order valence-electron chi connectivity index (χ2n) is 4.03. The van der Waals surface area contributed by atoms with E-state index < -0.39 is 4.92 Å². The smallest absolute Gasteiger partial charge is 0.270 e. The minimum atomic E-state index is -0.505. The molecule has 0 aliphatic heterocycles. The molecule has 6 heteroatoms. The maximum atomic E-state index is 11.8. The van der Waals surface area contributed by atoms with Crippen molar-refractivity contribution >= 4 is 34.2 Å². The van der Waals surface area contributed by atoms with Crippen LogP contribution in [0.2, 0.25) is 0 Å². The largest absolute Gasteiger partial charge is 0.352 e. The molecule has 0 bridgehead atoms. The summed E-state index contributed by atoms with van der Waals surface area (Å²) in [5, 5.41) is 13.4. The van der Waals surface area contributed by atoms with Gasteiger partial charge in [-0.2, -0.15) is 0 Å². The molecule has 1 aromatic carbocycles. The molecular formula is C11H13IN2O3. The molecule has 0 aromatic heterocycles. The molecule has 1 N–H and O–H groups in total. The van der Waals surface area contributed by atoms with E-state index in [1.807, 2.05) is 36.4 Å². The Morgan fingerprint density at radius 1 is 1.53 bits per heavy atom. The van der Waals surface area contributed by atoms with Gasteiger partial charge in [-0.25, -0.2) is 0 Å². The Balaban J connectivity index is 2.92. The van der Waals surface area contributed by atoms with E-state index in [1.54, 1.807) is 6.07 Å². The highest BCUT2D eigenvalue weighted by atomic mass is 127. The summed E-state index contributed by atoms with van der Waals surface area (Å²) in [4.78, 5) is 21.9. The maximum Gasteiger partial charge on any atom is 0.270 e. The minimum absolute atomic E-state index is 0.0693. The molecule has 17 heavy (non-hydrogen) atoms. The van der Waals surface area contributed by atoms with Crippen LogP contribution in [0.25, 0.3) is 0 Å². The first-order valence-corrected chi connectivity index (χ1v) is 6.22. The Hall–Kier alpha value is -1.18. The van der Waals surface area contributed by atoms with Crippen molar-refractivity contribution in [3.63, 3.8) is 0 Å². The second-order valence-corrected chi connectivity index (χ2v) is 5.19. The Morgan fingerprint density at radius 2 is 2.18 bits per heavy atom. The fourth-order valence-electron chi connectivity index (χ4n) is 1.19. The highest BCUT2D eigenvalue weighted by molar-refractivity contribution is 14.1. The van der Waals surface area contributed by atoms with Gasteiger partial charge in [-0.1, -0.05) is 13.8 Å². The lowest BCUT2D eigenvalue weighted by Gasteiger charge is -2.08. The summed E-state index contributed by atoms with van der Waals surface area (Å²) < 4.78 is 0.703. The summed E-state index contributed by atoms with van der Waals surface area (Å²) in [5.41, 5.74) is 0.278. The molecule has 1 amide bonds. The summed E-state index contributed by atoms with van der Waals surface area (Å²) in [7, 11) is 0. The highest BCUT2D eigenvalue weighted by Crippen LogP contribution is 2.19. The molecular weight excluding hydrogens is 335 g/mol. The van der Waals surface area contributed by atoms with Crippen LogP contribution in [0.5, 0.6) is 0 Å². The molecule has 92 valence electrons. The maximum absolute atomic E-state index is 11.8. The zero-order valence-electron chi connectivity index (χ0n) is 9.57. The molecule has 0 fully saturated rings. The van der Waals surface area contributed by atoms with Crippen molar-refractivity contribution < 1.29 is 9.72 Å². The fourth-order valence-corrected chi connectivity index (χ4v) is 1.77. The summed E-state index contributed by atoms with van der Waals surface area (Å²) in [6.45, 7) is 4.52. The van der Waals surface area contributed by atoms with E-state index in [0.29, 0.717) is 21.6 Å². The average molecular weight is 348 g/mol. The number of benzene rings is 1. The number of amides is 1. The van der Waals surface area contributed by atoms with Crippen LogP contribution in [-0.2, 0) is 0 Å². The van der Waals surface area contributed by atoms with E-state index in [-0.39, 0.29) is 11.6 Å². The first-order chi connectivity index (χ1) is 7.91. The number of carbonyl (C=O) groups excluding carboxylic acids is 1. The standard InChI is InChI=1S/C11H13IN2O3/c1-7(2)6-13-11(15)9-5-8(14(16)17)3-4-10(9)12/h3-5,7H,6H2,1-2H3,(H,13,15). The van der Waals surface area contributed by atoms with Gasteiger partial charge in [0.1, 0.15) is 0 Å². The van der Waals surface area contributed by atoms with Crippen molar-refractivity contribution in [1.82, 2.24) is 5.32 Å². The number of hydrogen-bond donors (Lipinski definition) is 1. The van der Waals surface area contributed by atoms with Crippen molar-refractivity contribution in [3.8, 4) is 0 Å². The lowest BCUT2D eigenvalue weighted by atomic mass is 10.1. The lowest BCUT2D eigenvalue weighted by Crippen LogP contribution is -2.28. The zero-order chi connectivity index (χ0) is 13.0. The van der Waals surface area contributed by atoms with Gasteiger partial charge in [-0.3, -0.25) is 14.9 Å². The van der Waals surface area contributed by atoms with Crippen LogP contribution < -0.4 is 5.32 Å². The highest BCUT2D eigenvalue weighted by Gasteiger charge is 2.15. The monoisotopic (exact) mass is 348 g/mol. The van der Waals surface area contributed by atoms with Gasteiger partial charge in [0.2, 0.25) is 0 Å². The zero-order valence-corrected chi connectivity index (χ0v) is 11.7. The number of halogens is 1. The van der Waals surface area contributed by atoms with Crippen LogP contribution in [0.3, 0.4) is 0 Å². The third-order valence-corrected chi connectivity index (χ3v) is 3.02. The molecule has 1 rings (SSSR count). The van der Waals surface area contributed by atoms with Gasteiger partial charge in [-0.15, -0.1) is 0 Å². The van der Waals surface area contributed by atoms with Gasteiger partial charge < -0.3 is 5.32 Å². The summed E-state index contributed by atoms with van der Waals surface area (Å²) in [6.07, 6.45) is 0. The number of nitrogens with one attached hydrogen (secondary N) is 1. The second kappa shape index (κ2) is 5.95. The van der Waals surface area contributed by atoms with Crippen LogP contribution in [0.4, 0.5) is 5.69 Å². The SMILES string of the molecule is CC(C)CNC(=O)c1cc([N+](=O)[O-])ccc1I.